The average Bonchev–Trinajstić information content (AvgIpc) is 3.22. The van der Waals surface area contributed by atoms with Gasteiger partial charge in [-0.2, -0.15) is 0 Å². The normalized spacial score (nSPS) is 14.4. The van der Waals surface area contributed by atoms with Crippen LogP contribution in [0.4, 0.5) is 5.69 Å². The van der Waals surface area contributed by atoms with Crippen LogP contribution >= 0.6 is 15.9 Å². The van der Waals surface area contributed by atoms with Gasteiger partial charge in [0.1, 0.15) is 4.60 Å². The molecule has 3 rings (SSSR count). The van der Waals surface area contributed by atoms with E-state index in [1.54, 1.807) is 0 Å². The van der Waals surface area contributed by atoms with Crippen LogP contribution in [0.2, 0.25) is 0 Å². The molecule has 98 valence electrons. The molecule has 0 saturated heterocycles. The summed E-state index contributed by atoms with van der Waals surface area (Å²) in [6.45, 7) is 2.87. The minimum absolute atomic E-state index is 0.816. The van der Waals surface area contributed by atoms with Crippen LogP contribution in [0.1, 0.15) is 35.6 Å². The van der Waals surface area contributed by atoms with E-state index < -0.39 is 0 Å². The molecule has 1 aliphatic rings. The topological polar surface area (TPSA) is 24.9 Å². The van der Waals surface area contributed by atoms with E-state index in [2.05, 4.69) is 56.6 Å². The number of nitrogens with one attached hydrogen (secondary N) is 1. The van der Waals surface area contributed by atoms with Gasteiger partial charge in [-0.3, -0.25) is 0 Å². The highest BCUT2D eigenvalue weighted by atomic mass is 79.9. The maximum atomic E-state index is 4.40. The van der Waals surface area contributed by atoms with E-state index in [1.165, 1.54) is 24.0 Å². The number of benzene rings is 1. The minimum Gasteiger partial charge on any atom is -0.380 e. The van der Waals surface area contributed by atoms with Crippen LogP contribution in [0.25, 0.3) is 0 Å². The van der Waals surface area contributed by atoms with Crippen LogP contribution in [-0.4, -0.2) is 4.98 Å². The van der Waals surface area contributed by atoms with Crippen LogP contribution in [0, 0.1) is 6.92 Å². The van der Waals surface area contributed by atoms with Gasteiger partial charge in [0.2, 0.25) is 0 Å². The molecule has 1 N–H and O–H groups in total. The third-order valence-corrected chi connectivity index (χ3v) is 3.98. The van der Waals surface area contributed by atoms with Crippen LogP contribution in [0.15, 0.2) is 41.0 Å². The third kappa shape index (κ3) is 3.16. The van der Waals surface area contributed by atoms with E-state index >= 15 is 0 Å². The Morgan fingerprint density at radius 2 is 2.11 bits per heavy atom. The van der Waals surface area contributed by atoms with Crippen molar-refractivity contribution in [3.05, 3.63) is 57.8 Å². The molecule has 0 radical (unpaired) electrons. The molecule has 1 aromatic heterocycles. The quantitative estimate of drug-likeness (QED) is 0.831. The van der Waals surface area contributed by atoms with Gasteiger partial charge in [0.05, 0.1) is 11.4 Å². The molecule has 0 amide bonds. The fourth-order valence-corrected chi connectivity index (χ4v) is 2.69. The molecule has 19 heavy (non-hydrogen) atoms. The fraction of sp³-hybridized carbons (Fsp3) is 0.312. The first kappa shape index (κ1) is 12.7. The number of hydrogen-bond acceptors (Lipinski definition) is 2. The standard InChI is InChI=1S/C16H17BrN2/c1-11-15(7-8-16(17)19-11)18-10-12-3-2-4-14(9-12)13-5-6-13/h2-4,7-9,13,18H,5-6,10H2,1H3. The lowest BCUT2D eigenvalue weighted by Gasteiger charge is -2.10. The van der Waals surface area contributed by atoms with Crippen molar-refractivity contribution in [1.29, 1.82) is 0 Å². The minimum atomic E-state index is 0.816. The van der Waals surface area contributed by atoms with Crippen molar-refractivity contribution in [2.75, 3.05) is 5.32 Å². The summed E-state index contributed by atoms with van der Waals surface area (Å²) in [4.78, 5) is 4.40. The molecule has 1 fully saturated rings. The summed E-state index contributed by atoms with van der Waals surface area (Å²) in [5.41, 5.74) is 4.95. The van der Waals surface area contributed by atoms with E-state index in [0.29, 0.717) is 0 Å². The molecule has 1 aliphatic carbocycles. The van der Waals surface area contributed by atoms with E-state index in [9.17, 15) is 0 Å². The number of halogens is 1. The summed E-state index contributed by atoms with van der Waals surface area (Å²) < 4.78 is 0.881. The zero-order valence-electron chi connectivity index (χ0n) is 11.0. The van der Waals surface area contributed by atoms with E-state index in [-0.39, 0.29) is 0 Å². The molecule has 1 heterocycles. The fourth-order valence-electron chi connectivity index (χ4n) is 2.29. The Hall–Kier alpha value is -1.35. The first-order valence-electron chi connectivity index (χ1n) is 6.68. The summed E-state index contributed by atoms with van der Waals surface area (Å²) in [7, 11) is 0. The van der Waals surface area contributed by atoms with Crippen LogP contribution in [-0.2, 0) is 6.54 Å². The van der Waals surface area contributed by atoms with Crippen molar-refractivity contribution in [3.63, 3.8) is 0 Å². The molecule has 2 aromatic rings. The van der Waals surface area contributed by atoms with E-state index in [0.717, 1.165) is 28.4 Å². The summed E-state index contributed by atoms with van der Waals surface area (Å²) in [6, 6.07) is 12.9. The number of nitrogens with zero attached hydrogens (tertiary/aromatic N) is 1. The zero-order valence-corrected chi connectivity index (χ0v) is 12.6. The van der Waals surface area contributed by atoms with Gasteiger partial charge in [0.15, 0.2) is 0 Å². The van der Waals surface area contributed by atoms with Gasteiger partial charge in [-0.15, -0.1) is 0 Å². The SMILES string of the molecule is Cc1nc(Br)ccc1NCc1cccc(C2CC2)c1. The van der Waals surface area contributed by atoms with Crippen LogP contribution in [0.5, 0.6) is 0 Å². The molecule has 0 atom stereocenters. The van der Waals surface area contributed by atoms with Crippen LogP contribution in [0.3, 0.4) is 0 Å². The molecule has 2 nitrogen and oxygen atoms in total. The third-order valence-electron chi connectivity index (χ3n) is 3.53. The predicted molar refractivity (Wildman–Crippen MR) is 82.4 cm³/mol. The highest BCUT2D eigenvalue weighted by Gasteiger charge is 2.23. The summed E-state index contributed by atoms with van der Waals surface area (Å²) >= 11 is 3.39. The number of aryl methyl sites for hydroxylation is 1. The van der Waals surface area contributed by atoms with Gasteiger partial charge >= 0.3 is 0 Å². The number of aromatic nitrogens is 1. The Morgan fingerprint density at radius 3 is 2.84 bits per heavy atom. The molecule has 1 aromatic carbocycles. The monoisotopic (exact) mass is 316 g/mol. The summed E-state index contributed by atoms with van der Waals surface area (Å²) in [6.07, 6.45) is 2.71. The van der Waals surface area contributed by atoms with Crippen molar-refractivity contribution >= 4 is 21.6 Å². The van der Waals surface area contributed by atoms with Crippen molar-refractivity contribution in [2.24, 2.45) is 0 Å². The lowest BCUT2D eigenvalue weighted by Crippen LogP contribution is -2.02. The summed E-state index contributed by atoms with van der Waals surface area (Å²) in [5.74, 6) is 0.816. The maximum Gasteiger partial charge on any atom is 0.106 e. The average molecular weight is 317 g/mol. The Balaban J connectivity index is 1.69. The summed E-state index contributed by atoms with van der Waals surface area (Å²) in [5, 5.41) is 3.46. The van der Waals surface area contributed by atoms with Gasteiger partial charge in [-0.05, 0) is 64.9 Å². The van der Waals surface area contributed by atoms with E-state index in [4.69, 9.17) is 0 Å². The van der Waals surface area contributed by atoms with Gasteiger partial charge in [-0.1, -0.05) is 24.3 Å². The predicted octanol–water partition coefficient (Wildman–Crippen LogP) is 4.64. The lowest BCUT2D eigenvalue weighted by atomic mass is 10.1. The van der Waals surface area contributed by atoms with Gasteiger partial charge in [0, 0.05) is 6.54 Å². The van der Waals surface area contributed by atoms with Crippen molar-refractivity contribution < 1.29 is 0 Å². The Labute approximate surface area is 122 Å². The second-order valence-electron chi connectivity index (χ2n) is 5.14. The smallest absolute Gasteiger partial charge is 0.106 e. The molecule has 3 heteroatoms. The van der Waals surface area contributed by atoms with Crippen molar-refractivity contribution in [3.8, 4) is 0 Å². The highest BCUT2D eigenvalue weighted by Crippen LogP contribution is 2.40. The zero-order chi connectivity index (χ0) is 13.2. The molecule has 0 aliphatic heterocycles. The molecule has 1 saturated carbocycles. The Kier molecular flexibility index (Phi) is 3.56. The number of pyridine rings is 1. The first-order valence-corrected chi connectivity index (χ1v) is 7.47. The Morgan fingerprint density at radius 1 is 1.26 bits per heavy atom. The maximum absolute atomic E-state index is 4.40. The number of hydrogen-bond donors (Lipinski definition) is 1. The molecular formula is C16H17BrN2. The lowest BCUT2D eigenvalue weighted by molar-refractivity contribution is 1.07. The van der Waals surface area contributed by atoms with Gasteiger partial charge < -0.3 is 5.32 Å². The van der Waals surface area contributed by atoms with Crippen molar-refractivity contribution in [2.45, 2.75) is 32.2 Å². The second kappa shape index (κ2) is 5.33. The van der Waals surface area contributed by atoms with Crippen LogP contribution < -0.4 is 5.32 Å². The Bertz CT molecular complexity index is 591. The van der Waals surface area contributed by atoms with E-state index in [1.807, 2.05) is 13.0 Å². The van der Waals surface area contributed by atoms with Gasteiger partial charge in [-0.25, -0.2) is 4.98 Å². The molecule has 0 bridgehead atoms. The van der Waals surface area contributed by atoms with Crippen molar-refractivity contribution in [1.82, 2.24) is 4.98 Å². The molecule has 0 unspecified atom stereocenters. The van der Waals surface area contributed by atoms with Gasteiger partial charge in [0.25, 0.3) is 0 Å². The largest absolute Gasteiger partial charge is 0.380 e. The highest BCUT2D eigenvalue weighted by molar-refractivity contribution is 9.10. The molecule has 0 spiro atoms. The second-order valence-corrected chi connectivity index (χ2v) is 5.95. The first-order chi connectivity index (χ1) is 9.22. The molecular weight excluding hydrogens is 300 g/mol. The number of rotatable bonds is 4. The number of anilines is 1.